The maximum atomic E-state index is 6.05. The minimum Gasteiger partial charge on any atom is -0.398 e. The van der Waals surface area contributed by atoms with Crippen LogP contribution in [-0.4, -0.2) is 4.98 Å². The third-order valence-electron chi connectivity index (χ3n) is 3.60. The van der Waals surface area contributed by atoms with Gasteiger partial charge in [-0.1, -0.05) is 40.2 Å². The van der Waals surface area contributed by atoms with Crippen molar-refractivity contribution in [3.63, 3.8) is 0 Å². The molecule has 4 heteroatoms. The third kappa shape index (κ3) is 1.72. The normalized spacial score (nSPS) is 12.2. The van der Waals surface area contributed by atoms with E-state index in [1.807, 2.05) is 24.3 Å². The van der Waals surface area contributed by atoms with Crippen molar-refractivity contribution < 1.29 is 0 Å². The number of aromatic nitrogens is 1. The fourth-order valence-electron chi connectivity index (χ4n) is 2.61. The summed E-state index contributed by atoms with van der Waals surface area (Å²) in [7, 11) is 0. The zero-order valence-electron chi connectivity index (χ0n) is 10.6. The lowest BCUT2D eigenvalue weighted by Gasteiger charge is -2.03. The number of nitrogens with two attached hydrogens (primary N) is 1. The number of nitrogens with zero attached hydrogens (tertiary/aromatic N) is 1. The van der Waals surface area contributed by atoms with Gasteiger partial charge in [-0.05, 0) is 23.8 Å². The van der Waals surface area contributed by atoms with E-state index in [0.29, 0.717) is 0 Å². The zero-order chi connectivity index (χ0) is 13.7. The summed E-state index contributed by atoms with van der Waals surface area (Å²) in [6.07, 6.45) is 0.955. The lowest BCUT2D eigenvalue weighted by Crippen LogP contribution is -1.89. The molecule has 0 unspecified atom stereocenters. The van der Waals surface area contributed by atoms with Crippen molar-refractivity contribution in [3.8, 4) is 21.8 Å². The smallest absolute Gasteiger partial charge is 0.126 e. The van der Waals surface area contributed by atoms with Crippen LogP contribution in [-0.2, 0) is 6.42 Å². The van der Waals surface area contributed by atoms with Gasteiger partial charge in [0.2, 0.25) is 0 Å². The minimum absolute atomic E-state index is 0.786. The molecule has 4 rings (SSSR count). The Kier molecular flexibility index (Phi) is 2.69. The highest BCUT2D eigenvalue weighted by molar-refractivity contribution is 9.10. The second-order valence-electron chi connectivity index (χ2n) is 4.82. The van der Waals surface area contributed by atoms with Crippen LogP contribution >= 0.6 is 27.3 Å². The lowest BCUT2D eigenvalue weighted by atomic mass is 10.1. The van der Waals surface area contributed by atoms with Crippen LogP contribution in [0.15, 0.2) is 46.9 Å². The van der Waals surface area contributed by atoms with Crippen LogP contribution < -0.4 is 5.73 Å². The average Bonchev–Trinajstić information content (AvgIpc) is 2.98. The number of benzene rings is 2. The van der Waals surface area contributed by atoms with E-state index in [4.69, 9.17) is 10.7 Å². The Labute approximate surface area is 129 Å². The second kappa shape index (κ2) is 4.43. The summed E-state index contributed by atoms with van der Waals surface area (Å²) in [5.74, 6) is 0. The summed E-state index contributed by atoms with van der Waals surface area (Å²) in [6, 6.07) is 14.2. The Morgan fingerprint density at radius 3 is 2.70 bits per heavy atom. The van der Waals surface area contributed by atoms with E-state index in [0.717, 1.165) is 28.4 Å². The van der Waals surface area contributed by atoms with Crippen LogP contribution in [0.25, 0.3) is 21.8 Å². The number of halogens is 1. The van der Waals surface area contributed by atoms with Crippen LogP contribution in [0.1, 0.15) is 10.4 Å². The quantitative estimate of drug-likeness (QED) is 0.508. The van der Waals surface area contributed by atoms with Gasteiger partial charge in [-0.25, -0.2) is 4.98 Å². The van der Waals surface area contributed by atoms with Crippen molar-refractivity contribution in [3.05, 3.63) is 57.4 Å². The van der Waals surface area contributed by atoms with Gasteiger partial charge >= 0.3 is 0 Å². The molecular weight excluding hydrogens is 332 g/mol. The molecule has 0 saturated carbocycles. The molecule has 1 aliphatic carbocycles. The molecule has 0 saturated heterocycles. The van der Waals surface area contributed by atoms with Crippen molar-refractivity contribution in [2.75, 3.05) is 5.73 Å². The standard InChI is InChI=1S/C16H11BrN2S/c17-12-6-3-5-9-11(12)8-14-15(9)19-16(20-14)10-4-1-2-7-13(10)18/h1-7H,8,18H2. The van der Waals surface area contributed by atoms with Gasteiger partial charge in [0, 0.05) is 32.6 Å². The monoisotopic (exact) mass is 342 g/mol. The predicted octanol–water partition coefficient (Wildman–Crippen LogP) is 4.73. The van der Waals surface area contributed by atoms with Gasteiger partial charge in [0.25, 0.3) is 0 Å². The lowest BCUT2D eigenvalue weighted by molar-refractivity contribution is 1.29. The maximum Gasteiger partial charge on any atom is 0.126 e. The SMILES string of the molecule is Nc1ccccc1-c1nc2c(s1)Cc1c(Br)cccc1-2. The highest BCUT2D eigenvalue weighted by Gasteiger charge is 2.25. The second-order valence-corrected chi connectivity index (χ2v) is 6.76. The van der Waals surface area contributed by atoms with Gasteiger partial charge in [-0.2, -0.15) is 0 Å². The molecule has 20 heavy (non-hydrogen) atoms. The molecule has 1 aliphatic rings. The molecule has 98 valence electrons. The Morgan fingerprint density at radius 1 is 1.05 bits per heavy atom. The third-order valence-corrected chi connectivity index (χ3v) is 5.43. The molecule has 0 amide bonds. The highest BCUT2D eigenvalue weighted by Crippen LogP contribution is 2.44. The zero-order valence-corrected chi connectivity index (χ0v) is 13.0. The molecule has 0 atom stereocenters. The fraction of sp³-hybridized carbons (Fsp3) is 0.0625. The Morgan fingerprint density at radius 2 is 1.85 bits per heavy atom. The van der Waals surface area contributed by atoms with E-state index >= 15 is 0 Å². The van der Waals surface area contributed by atoms with E-state index in [2.05, 4.69) is 34.1 Å². The van der Waals surface area contributed by atoms with E-state index in [1.54, 1.807) is 11.3 Å². The Hall–Kier alpha value is -1.65. The van der Waals surface area contributed by atoms with Crippen molar-refractivity contribution >= 4 is 33.0 Å². The summed E-state index contributed by atoms with van der Waals surface area (Å²) in [4.78, 5) is 6.15. The molecule has 0 fully saturated rings. The topological polar surface area (TPSA) is 38.9 Å². The number of anilines is 1. The van der Waals surface area contributed by atoms with E-state index in [9.17, 15) is 0 Å². The molecule has 0 aliphatic heterocycles. The molecule has 0 radical (unpaired) electrons. The maximum absolute atomic E-state index is 6.05. The van der Waals surface area contributed by atoms with Crippen LogP contribution in [0.5, 0.6) is 0 Å². The van der Waals surface area contributed by atoms with Gasteiger partial charge in [0.05, 0.1) is 5.69 Å². The number of para-hydroxylation sites is 1. The summed E-state index contributed by atoms with van der Waals surface area (Å²) in [5, 5.41) is 1.01. The first-order valence-corrected chi connectivity index (χ1v) is 7.97. The van der Waals surface area contributed by atoms with Crippen molar-refractivity contribution in [2.24, 2.45) is 0 Å². The van der Waals surface area contributed by atoms with Gasteiger partial charge < -0.3 is 5.73 Å². The van der Waals surface area contributed by atoms with Crippen LogP contribution in [0.3, 0.4) is 0 Å². The molecular formula is C16H11BrN2S. The first-order valence-electron chi connectivity index (χ1n) is 6.36. The largest absolute Gasteiger partial charge is 0.398 e. The molecule has 1 heterocycles. The van der Waals surface area contributed by atoms with Crippen molar-refractivity contribution in [2.45, 2.75) is 6.42 Å². The molecule has 2 aromatic carbocycles. The van der Waals surface area contributed by atoms with Crippen molar-refractivity contribution in [1.82, 2.24) is 4.98 Å². The van der Waals surface area contributed by atoms with Gasteiger partial charge in [0.15, 0.2) is 0 Å². The van der Waals surface area contributed by atoms with Crippen LogP contribution in [0, 0.1) is 0 Å². The molecule has 2 nitrogen and oxygen atoms in total. The number of fused-ring (bicyclic) bond motifs is 3. The molecule has 1 aromatic heterocycles. The van der Waals surface area contributed by atoms with E-state index < -0.39 is 0 Å². The summed E-state index contributed by atoms with van der Waals surface area (Å²) in [5.41, 5.74) is 11.6. The van der Waals surface area contributed by atoms with E-state index in [1.165, 1.54) is 20.5 Å². The van der Waals surface area contributed by atoms with Gasteiger partial charge in [-0.15, -0.1) is 11.3 Å². The fourth-order valence-corrected chi connectivity index (χ4v) is 4.25. The summed E-state index contributed by atoms with van der Waals surface area (Å²) in [6.45, 7) is 0. The number of hydrogen-bond donors (Lipinski definition) is 1. The molecule has 0 spiro atoms. The first-order chi connectivity index (χ1) is 9.74. The van der Waals surface area contributed by atoms with Crippen molar-refractivity contribution in [1.29, 1.82) is 0 Å². The summed E-state index contributed by atoms with van der Waals surface area (Å²) < 4.78 is 1.17. The van der Waals surface area contributed by atoms with Gasteiger partial charge in [0.1, 0.15) is 5.01 Å². The van der Waals surface area contributed by atoms with E-state index in [-0.39, 0.29) is 0 Å². The first kappa shape index (κ1) is 12.1. The number of hydrogen-bond acceptors (Lipinski definition) is 3. The Balaban J connectivity index is 1.88. The highest BCUT2D eigenvalue weighted by atomic mass is 79.9. The Bertz CT molecular complexity index is 823. The number of nitrogen functional groups attached to an aromatic ring is 1. The van der Waals surface area contributed by atoms with Gasteiger partial charge in [-0.3, -0.25) is 0 Å². The molecule has 2 N–H and O–H groups in total. The van der Waals surface area contributed by atoms with Crippen LogP contribution in [0.4, 0.5) is 5.69 Å². The van der Waals surface area contributed by atoms with Crippen LogP contribution in [0.2, 0.25) is 0 Å². The molecule has 3 aromatic rings. The minimum atomic E-state index is 0.786. The number of rotatable bonds is 1. The average molecular weight is 343 g/mol. The summed E-state index contributed by atoms with van der Waals surface area (Å²) >= 11 is 5.37. The molecule has 0 bridgehead atoms. The predicted molar refractivity (Wildman–Crippen MR) is 87.9 cm³/mol. The number of thiazole rings is 1.